The zero-order valence-corrected chi connectivity index (χ0v) is 23.6. The Morgan fingerprint density at radius 3 is 2.28 bits per heavy atom. The molecule has 3 rings (SSSR count). The Morgan fingerprint density at radius 1 is 0.974 bits per heavy atom. The van der Waals surface area contributed by atoms with E-state index in [1.54, 1.807) is 24.3 Å². The number of nitrogens with one attached hydrogen (secondary N) is 1. The van der Waals surface area contributed by atoms with E-state index in [0.29, 0.717) is 17.1 Å². The molecule has 1 N–H and O–H groups in total. The summed E-state index contributed by atoms with van der Waals surface area (Å²) in [6.07, 6.45) is 2.75. The Bertz CT molecular complexity index is 1370. The lowest BCUT2D eigenvalue weighted by Gasteiger charge is -2.33. The van der Waals surface area contributed by atoms with Crippen molar-refractivity contribution in [3.63, 3.8) is 0 Å². The number of anilines is 1. The normalized spacial score (nSPS) is 12.0. The van der Waals surface area contributed by atoms with Crippen molar-refractivity contribution < 1.29 is 22.4 Å². The van der Waals surface area contributed by atoms with E-state index >= 15 is 0 Å². The van der Waals surface area contributed by atoms with Crippen LogP contribution in [0.3, 0.4) is 0 Å². The summed E-state index contributed by atoms with van der Waals surface area (Å²) in [5, 5.41) is 3.36. The molecule has 208 valence electrons. The minimum Gasteiger partial charge on any atom is -0.354 e. The highest BCUT2D eigenvalue weighted by Gasteiger charge is 2.33. The van der Waals surface area contributed by atoms with Crippen molar-refractivity contribution >= 4 is 39.1 Å². The van der Waals surface area contributed by atoms with Gasteiger partial charge in [-0.3, -0.25) is 13.9 Å². The quantitative estimate of drug-likeness (QED) is 0.298. The second kappa shape index (κ2) is 14.1. The van der Waals surface area contributed by atoms with Crippen molar-refractivity contribution in [1.82, 2.24) is 10.2 Å². The molecule has 10 heteroatoms. The summed E-state index contributed by atoms with van der Waals surface area (Å²) in [5.74, 6) is -1.80. The van der Waals surface area contributed by atoms with Gasteiger partial charge in [0.05, 0.1) is 11.9 Å². The van der Waals surface area contributed by atoms with Crippen LogP contribution in [0.25, 0.3) is 0 Å². The number of carbonyl (C=O) groups excluding carboxylic acids is 2. The molecule has 1 unspecified atom stereocenters. The van der Waals surface area contributed by atoms with Gasteiger partial charge in [-0.1, -0.05) is 79.5 Å². The number of hydrogen-bond acceptors (Lipinski definition) is 4. The topological polar surface area (TPSA) is 86.8 Å². The molecule has 3 aromatic rings. The molecule has 0 aromatic heterocycles. The molecule has 0 aliphatic rings. The Labute approximate surface area is 234 Å². The summed E-state index contributed by atoms with van der Waals surface area (Å²) >= 11 is 6.19. The van der Waals surface area contributed by atoms with Gasteiger partial charge in [-0.05, 0) is 41.8 Å². The first-order chi connectivity index (χ1) is 18.6. The monoisotopic (exact) mass is 573 g/mol. The first-order valence-corrected chi connectivity index (χ1v) is 14.9. The Balaban J connectivity index is 2.04. The van der Waals surface area contributed by atoms with E-state index < -0.39 is 34.3 Å². The van der Waals surface area contributed by atoms with Crippen molar-refractivity contribution in [3.8, 4) is 0 Å². The van der Waals surface area contributed by atoms with Gasteiger partial charge in [0.2, 0.25) is 21.8 Å². The van der Waals surface area contributed by atoms with Crippen LogP contribution in [0.5, 0.6) is 0 Å². The van der Waals surface area contributed by atoms with Gasteiger partial charge in [0.15, 0.2) is 0 Å². The van der Waals surface area contributed by atoms with E-state index in [0.717, 1.165) is 35.0 Å². The zero-order chi connectivity index (χ0) is 28.4. The Kier molecular flexibility index (Phi) is 10.9. The molecule has 3 aromatic carbocycles. The molecule has 0 heterocycles. The average molecular weight is 574 g/mol. The number of amides is 2. The molecule has 7 nitrogen and oxygen atoms in total. The average Bonchev–Trinajstić information content (AvgIpc) is 2.90. The fourth-order valence-corrected chi connectivity index (χ4v) is 5.20. The maximum absolute atomic E-state index is 14.7. The molecule has 0 bridgehead atoms. The van der Waals surface area contributed by atoms with Gasteiger partial charge in [0, 0.05) is 24.5 Å². The van der Waals surface area contributed by atoms with Crippen LogP contribution in [0, 0.1) is 5.82 Å². The third kappa shape index (κ3) is 8.80. The minimum atomic E-state index is -4.05. The Hall–Kier alpha value is -3.43. The second-order valence-corrected chi connectivity index (χ2v) is 11.6. The van der Waals surface area contributed by atoms with E-state index in [-0.39, 0.29) is 24.6 Å². The highest BCUT2D eigenvalue weighted by molar-refractivity contribution is 7.92. The van der Waals surface area contributed by atoms with Crippen LogP contribution in [0.2, 0.25) is 5.02 Å². The van der Waals surface area contributed by atoms with Gasteiger partial charge in [-0.15, -0.1) is 0 Å². The largest absolute Gasteiger partial charge is 0.354 e. The van der Waals surface area contributed by atoms with Crippen LogP contribution in [0.4, 0.5) is 10.1 Å². The van der Waals surface area contributed by atoms with Crippen LogP contribution < -0.4 is 9.62 Å². The van der Waals surface area contributed by atoms with Crippen LogP contribution in [0.1, 0.15) is 30.9 Å². The molecule has 0 saturated carbocycles. The number of halogens is 2. The van der Waals surface area contributed by atoms with Gasteiger partial charge >= 0.3 is 0 Å². The van der Waals surface area contributed by atoms with Gasteiger partial charge in [-0.2, -0.15) is 0 Å². The molecule has 39 heavy (non-hydrogen) atoms. The van der Waals surface area contributed by atoms with Crippen molar-refractivity contribution in [2.75, 3.05) is 23.7 Å². The molecule has 0 fully saturated rings. The fourth-order valence-electron chi connectivity index (χ4n) is 4.14. The Morgan fingerprint density at radius 2 is 1.64 bits per heavy atom. The van der Waals surface area contributed by atoms with Crippen LogP contribution in [-0.4, -0.2) is 50.5 Å². The lowest BCUT2D eigenvalue weighted by Crippen LogP contribution is -2.53. The molecule has 0 radical (unpaired) electrons. The standard InChI is InChI=1S/C29H33ClFN3O4S/c1-3-4-17-32-29(36)27(19-22-11-6-5-7-12-22)33(20-23-13-10-14-24(30)18-23)28(35)21-34(39(2,37)38)26-16-9-8-15-25(26)31/h5-16,18,27H,3-4,17,19-21H2,1-2H3,(H,32,36). The van der Waals surface area contributed by atoms with E-state index in [4.69, 9.17) is 11.6 Å². The van der Waals surface area contributed by atoms with Gasteiger partial charge in [0.25, 0.3) is 0 Å². The third-order valence-corrected chi connectivity index (χ3v) is 7.50. The predicted molar refractivity (Wildman–Crippen MR) is 152 cm³/mol. The van der Waals surface area contributed by atoms with Crippen molar-refractivity contribution in [1.29, 1.82) is 0 Å². The third-order valence-electron chi connectivity index (χ3n) is 6.14. The number of carbonyl (C=O) groups is 2. The summed E-state index contributed by atoms with van der Waals surface area (Å²) in [6, 6.07) is 20.5. The molecule has 0 aliphatic heterocycles. The smallest absolute Gasteiger partial charge is 0.244 e. The number of para-hydroxylation sites is 1. The zero-order valence-electron chi connectivity index (χ0n) is 22.0. The number of nitrogens with zero attached hydrogens (tertiary/aromatic N) is 2. The molecule has 1 atom stereocenters. The van der Waals surface area contributed by atoms with Crippen LogP contribution >= 0.6 is 11.6 Å². The second-order valence-electron chi connectivity index (χ2n) is 9.22. The summed E-state index contributed by atoms with van der Waals surface area (Å²) in [7, 11) is -4.05. The van der Waals surface area contributed by atoms with E-state index in [1.165, 1.54) is 23.1 Å². The molecular weight excluding hydrogens is 541 g/mol. The molecule has 0 saturated heterocycles. The summed E-state index contributed by atoms with van der Waals surface area (Å²) in [5.41, 5.74) is 1.24. The first-order valence-electron chi connectivity index (χ1n) is 12.7. The van der Waals surface area contributed by atoms with Crippen molar-refractivity contribution in [2.24, 2.45) is 0 Å². The van der Waals surface area contributed by atoms with Crippen LogP contribution in [-0.2, 0) is 32.6 Å². The van der Waals surface area contributed by atoms with Gasteiger partial charge in [0.1, 0.15) is 18.4 Å². The molecule has 0 aliphatic carbocycles. The first kappa shape index (κ1) is 30.1. The van der Waals surface area contributed by atoms with Crippen molar-refractivity contribution in [3.05, 3.63) is 101 Å². The maximum Gasteiger partial charge on any atom is 0.244 e. The summed E-state index contributed by atoms with van der Waals surface area (Å²) in [6.45, 7) is 1.75. The molecule has 0 spiro atoms. The summed E-state index contributed by atoms with van der Waals surface area (Å²) < 4.78 is 40.8. The van der Waals surface area contributed by atoms with E-state index in [1.807, 2.05) is 37.3 Å². The number of sulfonamides is 1. The highest BCUT2D eigenvalue weighted by Crippen LogP contribution is 2.23. The fraction of sp³-hybridized carbons (Fsp3) is 0.310. The maximum atomic E-state index is 14.7. The number of unbranched alkanes of at least 4 members (excludes halogenated alkanes) is 1. The number of hydrogen-bond donors (Lipinski definition) is 1. The van der Waals surface area contributed by atoms with Crippen molar-refractivity contribution in [2.45, 2.75) is 38.8 Å². The SMILES string of the molecule is CCCCNC(=O)C(Cc1ccccc1)N(Cc1cccc(Cl)c1)C(=O)CN(c1ccccc1F)S(C)(=O)=O. The van der Waals surface area contributed by atoms with Gasteiger partial charge < -0.3 is 10.2 Å². The lowest BCUT2D eigenvalue weighted by molar-refractivity contribution is -0.140. The highest BCUT2D eigenvalue weighted by atomic mass is 35.5. The molecular formula is C29H33ClFN3O4S. The van der Waals surface area contributed by atoms with E-state index in [9.17, 15) is 22.4 Å². The summed E-state index contributed by atoms with van der Waals surface area (Å²) in [4.78, 5) is 28.8. The molecule has 2 amide bonds. The van der Waals surface area contributed by atoms with Gasteiger partial charge in [-0.25, -0.2) is 12.8 Å². The number of rotatable bonds is 13. The minimum absolute atomic E-state index is 0.00698. The predicted octanol–water partition coefficient (Wildman–Crippen LogP) is 4.80. The number of benzene rings is 3. The lowest BCUT2D eigenvalue weighted by atomic mass is 10.0. The van der Waals surface area contributed by atoms with Crippen LogP contribution in [0.15, 0.2) is 78.9 Å². The van der Waals surface area contributed by atoms with E-state index in [2.05, 4.69) is 5.32 Å².